The van der Waals surface area contributed by atoms with Crippen LogP contribution in [0.1, 0.15) is 0 Å². The predicted molar refractivity (Wildman–Crippen MR) is 263 cm³/mol. The summed E-state index contributed by atoms with van der Waals surface area (Å²) in [6.45, 7) is 5.14. The topological polar surface area (TPSA) is 9.72 Å². The van der Waals surface area contributed by atoms with E-state index >= 15 is 0 Å². The van der Waals surface area contributed by atoms with Gasteiger partial charge in [-0.2, -0.15) is 0 Å². The lowest BCUT2D eigenvalue weighted by molar-refractivity contribution is 1.24. The summed E-state index contributed by atoms with van der Waals surface area (Å²) >= 11 is 0. The molecule has 0 radical (unpaired) electrons. The highest BCUT2D eigenvalue weighted by Gasteiger charge is 2.49. The minimum atomic E-state index is -2.29. The van der Waals surface area contributed by atoms with E-state index in [9.17, 15) is 0 Å². The van der Waals surface area contributed by atoms with Crippen LogP contribution in [0.25, 0.3) is 22.3 Å². The van der Waals surface area contributed by atoms with Crippen LogP contribution in [0.15, 0.2) is 218 Å². The summed E-state index contributed by atoms with van der Waals surface area (Å²) in [5, 5.41) is 2.96. The second-order valence-corrected chi connectivity index (χ2v) is 21.3. The molecule has 3 aliphatic rings. The van der Waals surface area contributed by atoms with E-state index < -0.39 is 8.07 Å². The molecular formula is C56H42BN3Si. The molecule has 288 valence electrons. The average molecular weight is 796 g/mol. The van der Waals surface area contributed by atoms with E-state index in [2.05, 4.69) is 246 Å². The highest BCUT2D eigenvalue weighted by molar-refractivity contribution is 7.06. The van der Waals surface area contributed by atoms with Crippen LogP contribution in [0.2, 0.25) is 13.1 Å². The molecule has 0 amide bonds. The zero-order chi connectivity index (χ0) is 40.7. The van der Waals surface area contributed by atoms with Gasteiger partial charge in [0, 0.05) is 51.2 Å². The summed E-state index contributed by atoms with van der Waals surface area (Å²) < 4.78 is 0. The molecule has 0 aromatic heterocycles. The molecule has 0 saturated heterocycles. The molecule has 0 unspecified atom stereocenters. The van der Waals surface area contributed by atoms with E-state index in [1.807, 2.05) is 0 Å². The van der Waals surface area contributed by atoms with Gasteiger partial charge in [-0.1, -0.05) is 165 Å². The Kier molecular flexibility index (Phi) is 8.09. The highest BCUT2D eigenvalue weighted by Crippen LogP contribution is 2.47. The van der Waals surface area contributed by atoms with Crippen molar-refractivity contribution in [1.82, 2.24) is 0 Å². The zero-order valence-corrected chi connectivity index (χ0v) is 35.2. The summed E-state index contributed by atoms with van der Waals surface area (Å²) in [7, 11) is -2.29. The molecule has 0 atom stereocenters. The maximum atomic E-state index is 2.63. The Hall–Kier alpha value is -7.34. The molecule has 3 aliphatic heterocycles. The van der Waals surface area contributed by atoms with E-state index in [1.54, 1.807) is 0 Å². The van der Waals surface area contributed by atoms with E-state index in [-0.39, 0.29) is 6.71 Å². The quantitative estimate of drug-likeness (QED) is 0.155. The number of hydrogen-bond acceptors (Lipinski definition) is 3. The van der Waals surface area contributed by atoms with Crippen molar-refractivity contribution in [1.29, 1.82) is 0 Å². The Bertz CT molecular complexity index is 3080. The van der Waals surface area contributed by atoms with Crippen LogP contribution in [-0.4, -0.2) is 14.8 Å². The van der Waals surface area contributed by atoms with Crippen molar-refractivity contribution in [2.24, 2.45) is 0 Å². The fraction of sp³-hybridized carbons (Fsp3) is 0.0357. The first-order valence-electron chi connectivity index (χ1n) is 21.3. The molecule has 9 aromatic rings. The molecule has 5 heteroatoms. The lowest BCUT2D eigenvalue weighted by Gasteiger charge is -2.49. The molecular weight excluding hydrogens is 754 g/mol. The molecule has 9 aromatic carbocycles. The van der Waals surface area contributed by atoms with Gasteiger partial charge >= 0.3 is 0 Å². The lowest BCUT2D eigenvalue weighted by Crippen LogP contribution is -2.67. The summed E-state index contributed by atoms with van der Waals surface area (Å²) in [5.74, 6) is 0. The maximum absolute atomic E-state index is 2.63. The molecule has 0 N–H and O–H groups in total. The minimum Gasteiger partial charge on any atom is -0.312 e. The fourth-order valence-electron chi connectivity index (χ4n) is 10.4. The van der Waals surface area contributed by atoms with Crippen molar-refractivity contribution in [2.75, 3.05) is 14.7 Å². The Morgan fingerprint density at radius 2 is 0.934 bits per heavy atom. The van der Waals surface area contributed by atoms with Crippen molar-refractivity contribution in [2.45, 2.75) is 13.1 Å². The molecule has 12 rings (SSSR count). The number of nitrogens with zero attached hydrogens (tertiary/aromatic N) is 3. The van der Waals surface area contributed by atoms with Crippen molar-refractivity contribution < 1.29 is 0 Å². The summed E-state index contributed by atoms with van der Waals surface area (Å²) in [5.41, 5.74) is 19.9. The van der Waals surface area contributed by atoms with E-state index in [4.69, 9.17) is 0 Å². The SMILES string of the molecule is C[Si]1(C)c2cc(-c3ccccc3)ccc2N2c3cccc4c3B(c3ccc(N(c5ccccc5)c5ccccc5)cc3N4c3ccccc3)c3cc(-c4ccccc4)cc1c32. The average Bonchev–Trinajstić information content (AvgIpc) is 3.32. The van der Waals surface area contributed by atoms with Gasteiger partial charge in [0.05, 0.1) is 0 Å². The van der Waals surface area contributed by atoms with Gasteiger partial charge in [0.2, 0.25) is 0 Å². The molecule has 3 heterocycles. The number of para-hydroxylation sites is 3. The Morgan fingerprint density at radius 3 is 1.57 bits per heavy atom. The van der Waals surface area contributed by atoms with Gasteiger partial charge in [0.1, 0.15) is 8.07 Å². The molecule has 0 aliphatic carbocycles. The Labute approximate surface area is 359 Å². The summed E-state index contributed by atoms with van der Waals surface area (Å²) in [6, 6.07) is 80.8. The van der Waals surface area contributed by atoms with Crippen LogP contribution in [-0.2, 0) is 0 Å². The standard InChI is InChI=1S/C56H42BN3Si/c1-61(2)53-36-41(39-19-8-3-9-20-39)31-34-49(53)60-51-30-18-29-50-55(51)57(48-35-42(37-54(61)56(48)60)40-21-10-4-11-22-40)47-33-32-46(38-52(47)59(50)45-27-16-7-17-28-45)58(43-23-12-5-13-24-43)44-25-14-6-15-26-44/h3-38H,1-2H3. The predicted octanol–water partition coefficient (Wildman–Crippen LogP) is 11.7. The van der Waals surface area contributed by atoms with Crippen molar-refractivity contribution in [3.63, 3.8) is 0 Å². The Balaban J connectivity index is 1.15. The van der Waals surface area contributed by atoms with Crippen LogP contribution < -0.4 is 41.5 Å². The van der Waals surface area contributed by atoms with Crippen molar-refractivity contribution in [3.05, 3.63) is 218 Å². The molecule has 3 nitrogen and oxygen atoms in total. The highest BCUT2D eigenvalue weighted by atomic mass is 28.3. The molecule has 61 heavy (non-hydrogen) atoms. The van der Waals surface area contributed by atoms with E-state index in [0.717, 1.165) is 22.7 Å². The fourth-order valence-corrected chi connectivity index (χ4v) is 13.4. The van der Waals surface area contributed by atoms with Crippen LogP contribution in [0.4, 0.5) is 51.2 Å². The van der Waals surface area contributed by atoms with Gasteiger partial charge in [-0.25, -0.2) is 0 Å². The smallest absolute Gasteiger partial charge is 0.252 e. The summed E-state index contributed by atoms with van der Waals surface area (Å²) in [6.07, 6.45) is 0. The number of rotatable bonds is 6. The third-order valence-corrected chi connectivity index (χ3v) is 16.6. The molecule has 0 bridgehead atoms. The van der Waals surface area contributed by atoms with Crippen LogP contribution >= 0.6 is 0 Å². The number of benzene rings is 9. The van der Waals surface area contributed by atoms with Gasteiger partial charge in [-0.3, -0.25) is 0 Å². The van der Waals surface area contributed by atoms with Crippen LogP contribution in [0, 0.1) is 0 Å². The van der Waals surface area contributed by atoms with Gasteiger partial charge in [-0.05, 0) is 116 Å². The zero-order valence-electron chi connectivity index (χ0n) is 34.2. The first kappa shape index (κ1) is 35.6. The lowest BCUT2D eigenvalue weighted by atomic mass is 9.33. The third-order valence-electron chi connectivity index (χ3n) is 13.2. The first-order valence-corrected chi connectivity index (χ1v) is 24.3. The second-order valence-electron chi connectivity index (χ2n) is 16.9. The minimum absolute atomic E-state index is 0.0146. The van der Waals surface area contributed by atoms with Gasteiger partial charge < -0.3 is 14.7 Å². The number of hydrogen-bond donors (Lipinski definition) is 0. The first-order chi connectivity index (χ1) is 30.0. The van der Waals surface area contributed by atoms with Crippen molar-refractivity contribution >= 4 is 92.7 Å². The molecule has 0 fully saturated rings. The maximum Gasteiger partial charge on any atom is 0.252 e. The Morgan fingerprint density at radius 1 is 0.377 bits per heavy atom. The second kappa shape index (κ2) is 13.9. The van der Waals surface area contributed by atoms with Crippen LogP contribution in [0.3, 0.4) is 0 Å². The monoisotopic (exact) mass is 795 g/mol. The number of anilines is 9. The van der Waals surface area contributed by atoms with E-state index in [1.165, 1.54) is 77.5 Å². The molecule has 0 saturated carbocycles. The van der Waals surface area contributed by atoms with Gasteiger partial charge in [0.15, 0.2) is 0 Å². The van der Waals surface area contributed by atoms with Gasteiger partial charge in [0.25, 0.3) is 6.71 Å². The third kappa shape index (κ3) is 5.51. The van der Waals surface area contributed by atoms with Crippen LogP contribution in [0.5, 0.6) is 0 Å². The molecule has 0 spiro atoms. The van der Waals surface area contributed by atoms with E-state index in [0.29, 0.717) is 0 Å². The van der Waals surface area contributed by atoms with Crippen molar-refractivity contribution in [3.8, 4) is 22.3 Å². The summed E-state index contributed by atoms with van der Waals surface area (Å²) in [4.78, 5) is 7.52. The normalized spacial score (nSPS) is 13.8. The largest absolute Gasteiger partial charge is 0.312 e. The number of fused-ring (bicyclic) bond motifs is 6. The van der Waals surface area contributed by atoms with Gasteiger partial charge in [-0.15, -0.1) is 0 Å².